The van der Waals surface area contributed by atoms with Crippen LogP contribution in [0, 0.1) is 0 Å². The lowest BCUT2D eigenvalue weighted by atomic mass is 10.1. The summed E-state index contributed by atoms with van der Waals surface area (Å²) in [4.78, 5) is 13.9. The van der Waals surface area contributed by atoms with Gasteiger partial charge in [0, 0.05) is 20.2 Å². The zero-order valence-electron chi connectivity index (χ0n) is 12.0. The van der Waals surface area contributed by atoms with E-state index in [0.29, 0.717) is 18.0 Å². The molecule has 110 valence electrons. The monoisotopic (exact) mass is 279 g/mol. The number of amides is 1. The summed E-state index contributed by atoms with van der Waals surface area (Å²) in [6.07, 6.45) is 2.12. The van der Waals surface area contributed by atoms with Crippen LogP contribution in [-0.2, 0) is 9.53 Å². The number of likely N-dealkylation sites (tertiary alicyclic amines) is 1. The van der Waals surface area contributed by atoms with Crippen LogP contribution in [-0.4, -0.2) is 50.8 Å². The molecule has 1 heterocycles. The van der Waals surface area contributed by atoms with E-state index < -0.39 is 0 Å². The second kappa shape index (κ2) is 7.14. The number of hydrogen-bond donors (Lipinski definition) is 0. The second-order valence-electron chi connectivity index (χ2n) is 4.78. The average molecular weight is 279 g/mol. The van der Waals surface area contributed by atoms with Gasteiger partial charge in [-0.3, -0.25) is 4.79 Å². The van der Waals surface area contributed by atoms with Crippen molar-refractivity contribution in [1.82, 2.24) is 4.90 Å². The minimum absolute atomic E-state index is 0.0161. The van der Waals surface area contributed by atoms with Crippen molar-refractivity contribution >= 4 is 5.91 Å². The summed E-state index contributed by atoms with van der Waals surface area (Å²) in [6, 6.07) is 7.31. The van der Waals surface area contributed by atoms with Crippen molar-refractivity contribution in [1.29, 1.82) is 0 Å². The number of methoxy groups -OCH3 is 2. The van der Waals surface area contributed by atoms with Crippen molar-refractivity contribution in [2.24, 2.45) is 0 Å². The number of nitrogens with zero attached hydrogens (tertiary/aromatic N) is 1. The minimum atomic E-state index is -0.0161. The molecule has 0 aliphatic carbocycles. The van der Waals surface area contributed by atoms with E-state index in [1.807, 2.05) is 18.2 Å². The van der Waals surface area contributed by atoms with Gasteiger partial charge in [0.2, 0.25) is 0 Å². The van der Waals surface area contributed by atoms with Gasteiger partial charge in [0.1, 0.15) is 0 Å². The van der Waals surface area contributed by atoms with Crippen molar-refractivity contribution in [3.8, 4) is 11.5 Å². The molecular weight excluding hydrogens is 258 g/mol. The number of carbonyl (C=O) groups is 1. The Morgan fingerprint density at radius 3 is 2.75 bits per heavy atom. The van der Waals surface area contributed by atoms with Crippen LogP contribution in [0.25, 0.3) is 0 Å². The van der Waals surface area contributed by atoms with Gasteiger partial charge in [0.05, 0.1) is 13.2 Å². The van der Waals surface area contributed by atoms with E-state index in [1.165, 1.54) is 0 Å². The van der Waals surface area contributed by atoms with Gasteiger partial charge < -0.3 is 19.1 Å². The van der Waals surface area contributed by atoms with Gasteiger partial charge in [-0.15, -0.1) is 0 Å². The molecule has 2 rings (SSSR count). The SMILES string of the molecule is COc1ccccc1OCC(=O)N1CCC[C@H](OC)C1. The number of ether oxygens (including phenoxy) is 3. The molecule has 1 aliphatic rings. The molecule has 1 amide bonds. The van der Waals surface area contributed by atoms with E-state index in [2.05, 4.69) is 0 Å². The third-order valence-electron chi connectivity index (χ3n) is 3.48. The predicted octanol–water partition coefficient (Wildman–Crippen LogP) is 1.71. The molecule has 0 N–H and O–H groups in total. The van der Waals surface area contributed by atoms with Crippen LogP contribution >= 0.6 is 0 Å². The van der Waals surface area contributed by atoms with Gasteiger partial charge in [-0.1, -0.05) is 12.1 Å². The van der Waals surface area contributed by atoms with Crippen LogP contribution in [0.15, 0.2) is 24.3 Å². The number of hydrogen-bond acceptors (Lipinski definition) is 4. The fourth-order valence-electron chi connectivity index (χ4n) is 2.33. The summed E-state index contributed by atoms with van der Waals surface area (Å²) < 4.78 is 16.1. The lowest BCUT2D eigenvalue weighted by Crippen LogP contribution is -2.44. The van der Waals surface area contributed by atoms with Crippen LogP contribution in [0.2, 0.25) is 0 Å². The Kier molecular flexibility index (Phi) is 5.24. The summed E-state index contributed by atoms with van der Waals surface area (Å²) in [5.41, 5.74) is 0. The van der Waals surface area contributed by atoms with Gasteiger partial charge in [-0.05, 0) is 25.0 Å². The van der Waals surface area contributed by atoms with Crippen molar-refractivity contribution in [3.63, 3.8) is 0 Å². The van der Waals surface area contributed by atoms with E-state index in [1.54, 1.807) is 25.2 Å². The lowest BCUT2D eigenvalue weighted by molar-refractivity contribution is -0.136. The van der Waals surface area contributed by atoms with Crippen LogP contribution in [0.5, 0.6) is 11.5 Å². The molecule has 20 heavy (non-hydrogen) atoms. The number of carbonyl (C=O) groups excluding carboxylic acids is 1. The summed E-state index contributed by atoms with van der Waals surface area (Å²) in [5, 5.41) is 0. The maximum Gasteiger partial charge on any atom is 0.260 e. The fourth-order valence-corrected chi connectivity index (χ4v) is 2.33. The number of para-hydroxylation sites is 2. The molecule has 1 aliphatic heterocycles. The lowest BCUT2D eigenvalue weighted by Gasteiger charge is -2.31. The van der Waals surface area contributed by atoms with E-state index >= 15 is 0 Å². The Labute approximate surface area is 119 Å². The van der Waals surface area contributed by atoms with E-state index in [4.69, 9.17) is 14.2 Å². The van der Waals surface area contributed by atoms with Crippen LogP contribution in [0.4, 0.5) is 0 Å². The van der Waals surface area contributed by atoms with Gasteiger partial charge in [0.15, 0.2) is 18.1 Å². The zero-order valence-corrected chi connectivity index (χ0v) is 12.0. The average Bonchev–Trinajstić information content (AvgIpc) is 2.52. The van der Waals surface area contributed by atoms with E-state index in [9.17, 15) is 4.79 Å². The van der Waals surface area contributed by atoms with E-state index in [-0.39, 0.29) is 18.6 Å². The minimum Gasteiger partial charge on any atom is -0.493 e. The standard InChI is InChI=1S/C15H21NO4/c1-18-12-6-5-9-16(10-12)15(17)11-20-14-8-4-3-7-13(14)19-2/h3-4,7-8,12H,5-6,9-11H2,1-2H3/t12-/m0/s1. The first kappa shape index (κ1) is 14.7. The molecule has 1 fully saturated rings. The van der Waals surface area contributed by atoms with Crippen molar-refractivity contribution in [3.05, 3.63) is 24.3 Å². The van der Waals surface area contributed by atoms with E-state index in [0.717, 1.165) is 19.4 Å². The predicted molar refractivity (Wildman–Crippen MR) is 75.1 cm³/mol. The normalized spacial score (nSPS) is 18.7. The summed E-state index contributed by atoms with van der Waals surface area (Å²) in [7, 11) is 3.27. The molecule has 0 bridgehead atoms. The Morgan fingerprint density at radius 1 is 1.30 bits per heavy atom. The molecule has 5 heteroatoms. The summed E-state index contributed by atoms with van der Waals surface area (Å²) in [5.74, 6) is 1.20. The Balaban J connectivity index is 1.88. The van der Waals surface area contributed by atoms with Gasteiger partial charge in [0.25, 0.3) is 5.91 Å². The van der Waals surface area contributed by atoms with Crippen molar-refractivity contribution < 1.29 is 19.0 Å². The second-order valence-corrected chi connectivity index (χ2v) is 4.78. The molecule has 0 aromatic heterocycles. The maximum absolute atomic E-state index is 12.1. The first-order chi connectivity index (χ1) is 9.74. The molecule has 5 nitrogen and oxygen atoms in total. The highest BCUT2D eigenvalue weighted by molar-refractivity contribution is 5.78. The van der Waals surface area contributed by atoms with Crippen molar-refractivity contribution in [2.75, 3.05) is 33.9 Å². The highest BCUT2D eigenvalue weighted by atomic mass is 16.5. The molecule has 1 atom stereocenters. The fraction of sp³-hybridized carbons (Fsp3) is 0.533. The Hall–Kier alpha value is -1.75. The highest BCUT2D eigenvalue weighted by Gasteiger charge is 2.23. The molecule has 0 saturated carbocycles. The highest BCUT2D eigenvalue weighted by Crippen LogP contribution is 2.25. The van der Waals surface area contributed by atoms with Gasteiger partial charge >= 0.3 is 0 Å². The van der Waals surface area contributed by atoms with Gasteiger partial charge in [-0.2, -0.15) is 0 Å². The third kappa shape index (κ3) is 3.63. The topological polar surface area (TPSA) is 48.0 Å². The zero-order chi connectivity index (χ0) is 14.4. The summed E-state index contributed by atoms with van der Waals surface area (Å²) in [6.45, 7) is 1.44. The Bertz CT molecular complexity index is 449. The molecule has 0 radical (unpaired) electrons. The van der Waals surface area contributed by atoms with Crippen LogP contribution < -0.4 is 9.47 Å². The van der Waals surface area contributed by atoms with Gasteiger partial charge in [-0.25, -0.2) is 0 Å². The first-order valence-corrected chi connectivity index (χ1v) is 6.81. The molecule has 0 spiro atoms. The largest absolute Gasteiger partial charge is 0.493 e. The number of rotatable bonds is 5. The Morgan fingerprint density at radius 2 is 2.05 bits per heavy atom. The van der Waals surface area contributed by atoms with Crippen molar-refractivity contribution in [2.45, 2.75) is 18.9 Å². The number of benzene rings is 1. The van der Waals surface area contributed by atoms with Crippen LogP contribution in [0.3, 0.4) is 0 Å². The molecule has 0 unspecified atom stereocenters. The summed E-state index contributed by atoms with van der Waals surface area (Å²) >= 11 is 0. The molecule has 1 aromatic carbocycles. The molecular formula is C15H21NO4. The first-order valence-electron chi connectivity index (χ1n) is 6.81. The smallest absolute Gasteiger partial charge is 0.260 e. The van der Waals surface area contributed by atoms with Crippen LogP contribution in [0.1, 0.15) is 12.8 Å². The maximum atomic E-state index is 12.1. The quantitative estimate of drug-likeness (QED) is 0.823. The third-order valence-corrected chi connectivity index (χ3v) is 3.48. The number of piperidine rings is 1. The molecule has 1 aromatic rings. The molecule has 1 saturated heterocycles.